The first-order valence-electron chi connectivity index (χ1n) is 5.43. The summed E-state index contributed by atoms with van der Waals surface area (Å²) < 4.78 is 56.1. The van der Waals surface area contributed by atoms with E-state index in [0.717, 1.165) is 6.07 Å². The molecule has 102 valence electrons. The van der Waals surface area contributed by atoms with Gasteiger partial charge in [0.25, 0.3) is 0 Å². The van der Waals surface area contributed by atoms with Crippen LogP contribution in [0, 0.1) is 5.82 Å². The predicted octanol–water partition coefficient (Wildman–Crippen LogP) is 3.00. The van der Waals surface area contributed by atoms with Crippen LogP contribution in [0.25, 0.3) is 11.3 Å². The van der Waals surface area contributed by atoms with Gasteiger partial charge in [0, 0.05) is 18.5 Å². The molecule has 0 unspecified atom stereocenters. The molecule has 1 aromatic heterocycles. The second kappa shape index (κ2) is 5.00. The predicted molar refractivity (Wildman–Crippen MR) is 59.7 cm³/mol. The molecular weight excluding hydrogens is 264 g/mol. The molecule has 0 radical (unpaired) electrons. The minimum Gasteiger partial charge on any atom is -0.441 e. The van der Waals surface area contributed by atoms with Crippen LogP contribution in [-0.2, 0) is 12.6 Å². The highest BCUT2D eigenvalue weighted by Crippen LogP contribution is 2.34. The Morgan fingerprint density at radius 2 is 2.00 bits per heavy atom. The molecule has 2 aromatic rings. The fourth-order valence-electron chi connectivity index (χ4n) is 1.58. The van der Waals surface area contributed by atoms with E-state index in [1.54, 1.807) is 0 Å². The molecular formula is C12H10F4N2O. The van der Waals surface area contributed by atoms with Crippen LogP contribution in [0.15, 0.2) is 28.8 Å². The van der Waals surface area contributed by atoms with E-state index < -0.39 is 17.6 Å². The first kappa shape index (κ1) is 13.5. The van der Waals surface area contributed by atoms with Crippen LogP contribution in [0.5, 0.6) is 0 Å². The molecule has 1 heterocycles. The van der Waals surface area contributed by atoms with Gasteiger partial charge in [0.1, 0.15) is 5.82 Å². The van der Waals surface area contributed by atoms with Gasteiger partial charge >= 0.3 is 6.18 Å². The number of hydrogen-bond acceptors (Lipinski definition) is 3. The number of rotatable bonds is 3. The third-order valence-electron chi connectivity index (χ3n) is 2.47. The maximum Gasteiger partial charge on any atom is 0.419 e. The van der Waals surface area contributed by atoms with Gasteiger partial charge in [-0.25, -0.2) is 9.37 Å². The van der Waals surface area contributed by atoms with E-state index in [-0.39, 0.29) is 11.3 Å². The van der Waals surface area contributed by atoms with Crippen molar-refractivity contribution in [2.75, 3.05) is 6.54 Å². The van der Waals surface area contributed by atoms with Crippen molar-refractivity contribution >= 4 is 0 Å². The summed E-state index contributed by atoms with van der Waals surface area (Å²) >= 11 is 0. The topological polar surface area (TPSA) is 52.0 Å². The zero-order chi connectivity index (χ0) is 14.0. The maximum atomic E-state index is 13.1. The molecule has 19 heavy (non-hydrogen) atoms. The zero-order valence-corrected chi connectivity index (χ0v) is 9.67. The van der Waals surface area contributed by atoms with Gasteiger partial charge in [0.15, 0.2) is 11.7 Å². The van der Waals surface area contributed by atoms with Crippen molar-refractivity contribution in [1.82, 2.24) is 4.98 Å². The van der Waals surface area contributed by atoms with Crippen LogP contribution >= 0.6 is 0 Å². The second-order valence-electron chi connectivity index (χ2n) is 3.85. The van der Waals surface area contributed by atoms with E-state index >= 15 is 0 Å². The molecule has 0 aliphatic heterocycles. The normalized spacial score (nSPS) is 11.8. The molecule has 0 spiro atoms. The molecule has 0 saturated heterocycles. The number of oxazole rings is 1. The van der Waals surface area contributed by atoms with Crippen LogP contribution in [-0.4, -0.2) is 11.5 Å². The van der Waals surface area contributed by atoms with E-state index in [4.69, 9.17) is 10.2 Å². The van der Waals surface area contributed by atoms with Crippen molar-refractivity contribution in [2.45, 2.75) is 12.6 Å². The molecule has 0 amide bonds. The Morgan fingerprint density at radius 3 is 2.63 bits per heavy atom. The first-order valence-corrected chi connectivity index (χ1v) is 5.43. The van der Waals surface area contributed by atoms with Crippen LogP contribution < -0.4 is 5.73 Å². The molecule has 2 N–H and O–H groups in total. The molecule has 0 aliphatic carbocycles. The summed E-state index contributed by atoms with van der Waals surface area (Å²) in [6, 6.07) is 2.66. The first-order chi connectivity index (χ1) is 8.91. The molecule has 0 bridgehead atoms. The summed E-state index contributed by atoms with van der Waals surface area (Å²) in [5.74, 6) is -0.845. The fraction of sp³-hybridized carbons (Fsp3) is 0.250. The molecule has 7 heteroatoms. The van der Waals surface area contributed by atoms with E-state index in [9.17, 15) is 17.6 Å². The van der Waals surface area contributed by atoms with Gasteiger partial charge in [-0.05, 0) is 18.2 Å². The lowest BCUT2D eigenvalue weighted by Crippen LogP contribution is -2.08. The van der Waals surface area contributed by atoms with Gasteiger partial charge in [-0.1, -0.05) is 0 Å². The van der Waals surface area contributed by atoms with Crippen LogP contribution in [0.3, 0.4) is 0 Å². The molecule has 1 aromatic carbocycles. The molecule has 2 rings (SSSR count). The quantitative estimate of drug-likeness (QED) is 0.875. The molecule has 0 fully saturated rings. The second-order valence-corrected chi connectivity index (χ2v) is 3.85. The van der Waals surface area contributed by atoms with Gasteiger partial charge in [0.05, 0.1) is 11.8 Å². The average Bonchev–Trinajstić information content (AvgIpc) is 2.77. The van der Waals surface area contributed by atoms with Crippen molar-refractivity contribution in [3.05, 3.63) is 41.7 Å². The SMILES string of the molecule is NCCc1ncc(-c2ccc(F)c(C(F)(F)F)c2)o1. The van der Waals surface area contributed by atoms with Gasteiger partial charge < -0.3 is 10.2 Å². The van der Waals surface area contributed by atoms with E-state index in [1.807, 2.05) is 0 Å². The summed E-state index contributed by atoms with van der Waals surface area (Å²) in [6.45, 7) is 0.317. The number of benzene rings is 1. The zero-order valence-electron chi connectivity index (χ0n) is 9.67. The highest BCUT2D eigenvalue weighted by Gasteiger charge is 2.34. The Kier molecular flexibility index (Phi) is 3.57. The van der Waals surface area contributed by atoms with E-state index in [2.05, 4.69) is 4.98 Å². The average molecular weight is 274 g/mol. The number of hydrogen-bond donors (Lipinski definition) is 1. The van der Waals surface area contributed by atoms with Crippen molar-refractivity contribution in [3.63, 3.8) is 0 Å². The highest BCUT2D eigenvalue weighted by atomic mass is 19.4. The minimum absolute atomic E-state index is 0.115. The minimum atomic E-state index is -4.75. The van der Waals surface area contributed by atoms with Crippen LogP contribution in [0.4, 0.5) is 17.6 Å². The Hall–Kier alpha value is -1.89. The Bertz CT molecular complexity index is 577. The standard InChI is InChI=1S/C12H10F4N2O/c13-9-2-1-7(5-8(9)12(14,15)16)10-6-18-11(19-10)3-4-17/h1-2,5-6H,3-4,17H2. The van der Waals surface area contributed by atoms with Crippen molar-refractivity contribution < 1.29 is 22.0 Å². The molecule has 0 saturated carbocycles. The largest absolute Gasteiger partial charge is 0.441 e. The van der Waals surface area contributed by atoms with E-state index in [0.29, 0.717) is 24.9 Å². The Balaban J connectivity index is 2.39. The van der Waals surface area contributed by atoms with Crippen molar-refractivity contribution in [1.29, 1.82) is 0 Å². The van der Waals surface area contributed by atoms with Gasteiger partial charge in [-0.15, -0.1) is 0 Å². The van der Waals surface area contributed by atoms with Gasteiger partial charge in [-0.3, -0.25) is 0 Å². The van der Waals surface area contributed by atoms with E-state index in [1.165, 1.54) is 12.3 Å². The molecule has 0 atom stereocenters. The number of nitrogens with two attached hydrogens (primary N) is 1. The number of alkyl halides is 3. The third-order valence-corrected chi connectivity index (χ3v) is 2.47. The maximum absolute atomic E-state index is 13.1. The molecule has 0 aliphatic rings. The lowest BCUT2D eigenvalue weighted by molar-refractivity contribution is -0.139. The highest BCUT2D eigenvalue weighted by molar-refractivity contribution is 5.58. The third kappa shape index (κ3) is 2.93. The lowest BCUT2D eigenvalue weighted by atomic mass is 10.1. The number of nitrogens with zero attached hydrogens (tertiary/aromatic N) is 1. The number of aromatic nitrogens is 1. The van der Waals surface area contributed by atoms with Gasteiger partial charge in [0.2, 0.25) is 0 Å². The number of halogens is 4. The van der Waals surface area contributed by atoms with Crippen molar-refractivity contribution in [3.8, 4) is 11.3 Å². The summed E-state index contributed by atoms with van der Waals surface area (Å²) in [5, 5.41) is 0. The summed E-state index contributed by atoms with van der Waals surface area (Å²) in [4.78, 5) is 3.87. The molecule has 3 nitrogen and oxygen atoms in total. The van der Waals surface area contributed by atoms with Crippen molar-refractivity contribution in [2.24, 2.45) is 5.73 Å². The van der Waals surface area contributed by atoms with Crippen LogP contribution in [0.1, 0.15) is 11.5 Å². The summed E-state index contributed by atoms with van der Waals surface area (Å²) in [5.41, 5.74) is 4.09. The fourth-order valence-corrected chi connectivity index (χ4v) is 1.58. The Labute approximate surface area is 106 Å². The monoisotopic (exact) mass is 274 g/mol. The Morgan fingerprint density at radius 1 is 1.26 bits per heavy atom. The van der Waals surface area contributed by atoms with Crippen LogP contribution in [0.2, 0.25) is 0 Å². The smallest absolute Gasteiger partial charge is 0.419 e. The summed E-state index contributed by atoms with van der Waals surface area (Å²) in [6.07, 6.45) is -3.08. The lowest BCUT2D eigenvalue weighted by Gasteiger charge is -2.08. The summed E-state index contributed by atoms with van der Waals surface area (Å²) in [7, 11) is 0. The van der Waals surface area contributed by atoms with Gasteiger partial charge in [-0.2, -0.15) is 13.2 Å².